The van der Waals surface area contributed by atoms with E-state index in [1.54, 1.807) is 42.5 Å². The van der Waals surface area contributed by atoms with Crippen LogP contribution in [0.25, 0.3) is 0 Å². The van der Waals surface area contributed by atoms with Crippen LogP contribution in [0.3, 0.4) is 0 Å². The minimum absolute atomic E-state index is 0.0642. The predicted molar refractivity (Wildman–Crippen MR) is 123 cm³/mol. The van der Waals surface area contributed by atoms with E-state index in [9.17, 15) is 13.2 Å². The van der Waals surface area contributed by atoms with Crippen molar-refractivity contribution in [3.63, 3.8) is 0 Å². The van der Waals surface area contributed by atoms with Crippen LogP contribution in [0.2, 0.25) is 0 Å². The van der Waals surface area contributed by atoms with Gasteiger partial charge in [0, 0.05) is 6.54 Å². The first-order valence-corrected chi connectivity index (χ1v) is 12.4. The maximum absolute atomic E-state index is 13.4. The lowest BCUT2D eigenvalue weighted by Crippen LogP contribution is -2.51. The van der Waals surface area contributed by atoms with Crippen LogP contribution in [0, 0.1) is 12.8 Å². The van der Waals surface area contributed by atoms with E-state index in [4.69, 9.17) is 4.74 Å². The third-order valence-electron chi connectivity index (χ3n) is 5.72. The standard InChI is InChI=1S/C24H32N2O4S/c1-4-6-10-19(5-2)16-25-24(27)23-17-26(21-15-18(3)13-14-22(21)30-23)31(28,29)20-11-8-7-9-12-20/h7-9,11-15,19,23H,4-6,10,16-17H2,1-3H3,(H,25,27). The summed E-state index contributed by atoms with van der Waals surface area (Å²) in [6, 6.07) is 13.6. The minimum atomic E-state index is -3.83. The van der Waals surface area contributed by atoms with Crippen molar-refractivity contribution >= 4 is 21.6 Å². The summed E-state index contributed by atoms with van der Waals surface area (Å²) >= 11 is 0. The number of rotatable bonds is 9. The van der Waals surface area contributed by atoms with E-state index in [1.165, 1.54) is 4.31 Å². The third kappa shape index (κ3) is 5.39. The molecule has 7 heteroatoms. The van der Waals surface area contributed by atoms with Crippen LogP contribution in [0.5, 0.6) is 5.75 Å². The number of carbonyl (C=O) groups excluding carboxylic acids is 1. The van der Waals surface area contributed by atoms with Crippen LogP contribution in [0.1, 0.15) is 45.1 Å². The molecular formula is C24H32N2O4S. The number of nitrogens with one attached hydrogen (secondary N) is 1. The molecule has 0 radical (unpaired) electrons. The fourth-order valence-corrected chi connectivity index (χ4v) is 5.24. The molecule has 1 heterocycles. The summed E-state index contributed by atoms with van der Waals surface area (Å²) in [7, 11) is -3.83. The summed E-state index contributed by atoms with van der Waals surface area (Å²) in [4.78, 5) is 13.1. The number of ether oxygens (including phenoxy) is 1. The highest BCUT2D eigenvalue weighted by atomic mass is 32.2. The predicted octanol–water partition coefficient (Wildman–Crippen LogP) is 4.28. The molecule has 168 valence electrons. The number of amides is 1. The molecule has 1 aliphatic rings. The molecule has 2 atom stereocenters. The zero-order valence-electron chi connectivity index (χ0n) is 18.5. The number of benzene rings is 2. The van der Waals surface area contributed by atoms with Crippen molar-refractivity contribution in [3.05, 3.63) is 54.1 Å². The Morgan fingerprint density at radius 3 is 2.61 bits per heavy atom. The number of sulfonamides is 1. The van der Waals surface area contributed by atoms with E-state index < -0.39 is 16.1 Å². The Balaban J connectivity index is 1.84. The van der Waals surface area contributed by atoms with Crippen LogP contribution >= 0.6 is 0 Å². The van der Waals surface area contributed by atoms with Gasteiger partial charge >= 0.3 is 0 Å². The number of aryl methyl sites for hydroxylation is 1. The monoisotopic (exact) mass is 444 g/mol. The first kappa shape index (κ1) is 23.1. The maximum Gasteiger partial charge on any atom is 0.264 e. The number of hydrogen-bond acceptors (Lipinski definition) is 4. The summed E-state index contributed by atoms with van der Waals surface area (Å²) in [6.45, 7) is 6.68. The van der Waals surface area contributed by atoms with E-state index in [2.05, 4.69) is 19.2 Å². The van der Waals surface area contributed by atoms with E-state index in [1.807, 2.05) is 13.0 Å². The SMILES string of the molecule is CCCCC(CC)CNC(=O)C1CN(S(=O)(=O)c2ccccc2)c2cc(C)ccc2O1. The molecule has 0 saturated heterocycles. The second kappa shape index (κ2) is 10.2. The van der Waals surface area contributed by atoms with Gasteiger partial charge in [0.2, 0.25) is 0 Å². The molecule has 2 aromatic rings. The minimum Gasteiger partial charge on any atom is -0.476 e. The normalized spacial score (nSPS) is 16.9. The molecule has 0 saturated carbocycles. The van der Waals surface area contributed by atoms with E-state index >= 15 is 0 Å². The summed E-state index contributed by atoms with van der Waals surface area (Å²) < 4.78 is 34.0. The van der Waals surface area contributed by atoms with Gasteiger partial charge in [-0.05, 0) is 49.1 Å². The highest BCUT2D eigenvalue weighted by Gasteiger charge is 2.37. The molecule has 0 aliphatic carbocycles. The van der Waals surface area contributed by atoms with Crippen molar-refractivity contribution in [2.45, 2.75) is 57.5 Å². The number of fused-ring (bicyclic) bond motifs is 1. The van der Waals surface area contributed by atoms with Crippen LogP contribution in [-0.4, -0.2) is 33.5 Å². The van der Waals surface area contributed by atoms with E-state index in [-0.39, 0.29) is 17.3 Å². The fraction of sp³-hybridized carbons (Fsp3) is 0.458. The van der Waals surface area contributed by atoms with Gasteiger partial charge in [-0.1, -0.05) is 57.4 Å². The average Bonchev–Trinajstić information content (AvgIpc) is 2.78. The molecule has 2 unspecified atom stereocenters. The molecule has 0 aromatic heterocycles. The van der Waals surface area contributed by atoms with Gasteiger partial charge in [-0.25, -0.2) is 8.42 Å². The smallest absolute Gasteiger partial charge is 0.264 e. The van der Waals surface area contributed by atoms with Crippen molar-refractivity contribution in [2.24, 2.45) is 5.92 Å². The first-order valence-electron chi connectivity index (χ1n) is 11.0. The summed E-state index contributed by atoms with van der Waals surface area (Å²) in [5, 5.41) is 2.98. The Kier molecular flexibility index (Phi) is 7.59. The summed E-state index contributed by atoms with van der Waals surface area (Å²) in [6.07, 6.45) is 3.40. The Morgan fingerprint density at radius 1 is 1.19 bits per heavy atom. The van der Waals surface area contributed by atoms with Crippen LogP contribution < -0.4 is 14.4 Å². The Bertz CT molecular complexity index is 992. The lowest BCUT2D eigenvalue weighted by atomic mass is 9.99. The topological polar surface area (TPSA) is 75.7 Å². The van der Waals surface area contributed by atoms with Crippen molar-refractivity contribution in [1.29, 1.82) is 0 Å². The maximum atomic E-state index is 13.4. The molecule has 0 bridgehead atoms. The van der Waals surface area contributed by atoms with Gasteiger partial charge < -0.3 is 10.1 Å². The quantitative estimate of drug-likeness (QED) is 0.626. The van der Waals surface area contributed by atoms with Gasteiger partial charge in [0.25, 0.3) is 15.9 Å². The largest absolute Gasteiger partial charge is 0.476 e. The molecule has 6 nitrogen and oxygen atoms in total. The van der Waals surface area contributed by atoms with Crippen molar-refractivity contribution < 1.29 is 17.9 Å². The molecular weight excluding hydrogens is 412 g/mol. The van der Waals surface area contributed by atoms with Crippen molar-refractivity contribution in [1.82, 2.24) is 5.32 Å². The molecule has 2 aromatic carbocycles. The van der Waals surface area contributed by atoms with Crippen LogP contribution in [0.15, 0.2) is 53.4 Å². The molecule has 3 rings (SSSR count). The highest BCUT2D eigenvalue weighted by Crippen LogP contribution is 2.37. The molecule has 1 amide bonds. The zero-order valence-corrected chi connectivity index (χ0v) is 19.3. The molecule has 31 heavy (non-hydrogen) atoms. The van der Waals surface area contributed by atoms with E-state index in [0.29, 0.717) is 23.9 Å². The van der Waals surface area contributed by atoms with Crippen LogP contribution in [0.4, 0.5) is 5.69 Å². The fourth-order valence-electron chi connectivity index (χ4n) is 3.75. The zero-order chi connectivity index (χ0) is 22.4. The molecule has 1 N–H and O–H groups in total. The first-order chi connectivity index (χ1) is 14.9. The van der Waals surface area contributed by atoms with E-state index in [0.717, 1.165) is 31.2 Å². The van der Waals surface area contributed by atoms with Crippen molar-refractivity contribution in [3.8, 4) is 5.75 Å². The molecule has 0 fully saturated rings. The number of nitrogens with zero attached hydrogens (tertiary/aromatic N) is 1. The Hall–Kier alpha value is -2.54. The number of carbonyl (C=O) groups is 1. The summed E-state index contributed by atoms with van der Waals surface area (Å²) in [5.41, 5.74) is 1.38. The van der Waals surface area contributed by atoms with Crippen molar-refractivity contribution in [2.75, 3.05) is 17.4 Å². The second-order valence-corrected chi connectivity index (χ2v) is 9.95. The Labute approximate surface area is 185 Å². The second-order valence-electron chi connectivity index (χ2n) is 8.09. The van der Waals surface area contributed by atoms with Gasteiger partial charge in [0.15, 0.2) is 6.10 Å². The Morgan fingerprint density at radius 2 is 1.94 bits per heavy atom. The van der Waals surface area contributed by atoms with Gasteiger partial charge in [0.05, 0.1) is 17.1 Å². The molecule has 0 spiro atoms. The number of anilines is 1. The lowest BCUT2D eigenvalue weighted by Gasteiger charge is -2.35. The number of unbranched alkanes of at least 4 members (excludes halogenated alkanes) is 1. The highest BCUT2D eigenvalue weighted by molar-refractivity contribution is 7.92. The third-order valence-corrected chi connectivity index (χ3v) is 7.51. The lowest BCUT2D eigenvalue weighted by molar-refractivity contribution is -0.127. The average molecular weight is 445 g/mol. The van der Waals surface area contributed by atoms with Gasteiger partial charge in [-0.2, -0.15) is 0 Å². The van der Waals surface area contributed by atoms with Gasteiger partial charge in [0.1, 0.15) is 5.75 Å². The van der Waals surface area contributed by atoms with Gasteiger partial charge in [-0.15, -0.1) is 0 Å². The molecule has 1 aliphatic heterocycles. The summed E-state index contributed by atoms with van der Waals surface area (Å²) in [5.74, 6) is 0.524. The van der Waals surface area contributed by atoms with Gasteiger partial charge in [-0.3, -0.25) is 9.10 Å². The number of hydrogen-bond donors (Lipinski definition) is 1. The van der Waals surface area contributed by atoms with Crippen LogP contribution in [-0.2, 0) is 14.8 Å².